The molecule has 16 heavy (non-hydrogen) atoms. The number of nitrogens with zero attached hydrogens (tertiary/aromatic N) is 1. The predicted molar refractivity (Wildman–Crippen MR) is 63.3 cm³/mol. The molecule has 0 aromatic carbocycles. The molecular weight excluding hydrogens is 230 g/mol. The van der Waals surface area contributed by atoms with Gasteiger partial charge in [-0.05, 0) is 20.8 Å². The molecule has 0 saturated heterocycles. The third-order valence-electron chi connectivity index (χ3n) is 2.15. The van der Waals surface area contributed by atoms with Crippen LogP contribution >= 0.6 is 12.4 Å². The molecule has 0 bridgehead atoms. The highest BCUT2D eigenvalue weighted by Crippen LogP contribution is 2.11. The molecule has 0 aliphatic rings. The number of aromatic nitrogens is 1. The summed E-state index contributed by atoms with van der Waals surface area (Å²) in [6.45, 7) is 5.93. The zero-order chi connectivity index (χ0) is 11.4. The Morgan fingerprint density at radius 3 is 2.62 bits per heavy atom. The minimum atomic E-state index is -0.116. The standard InChI is InChI=1S/C10H17N3O2.ClH/c1-6(11)4-10(14)12-5-9-7(2)13-15-8(9)3;/h6H,4-5,11H2,1-3H3,(H,12,14);1H. The number of carbonyl (C=O) groups excluding carboxylic acids is 1. The van der Waals surface area contributed by atoms with Gasteiger partial charge in [-0.3, -0.25) is 4.79 Å². The first kappa shape index (κ1) is 14.9. The van der Waals surface area contributed by atoms with Gasteiger partial charge >= 0.3 is 0 Å². The Morgan fingerprint density at radius 1 is 1.56 bits per heavy atom. The molecule has 92 valence electrons. The van der Waals surface area contributed by atoms with Crippen molar-refractivity contribution in [2.24, 2.45) is 5.73 Å². The van der Waals surface area contributed by atoms with E-state index < -0.39 is 0 Å². The van der Waals surface area contributed by atoms with Gasteiger partial charge in [0.25, 0.3) is 0 Å². The third-order valence-corrected chi connectivity index (χ3v) is 2.15. The summed E-state index contributed by atoms with van der Waals surface area (Å²) in [5, 5.41) is 6.58. The highest BCUT2D eigenvalue weighted by atomic mass is 35.5. The zero-order valence-corrected chi connectivity index (χ0v) is 10.6. The van der Waals surface area contributed by atoms with Crippen molar-refractivity contribution in [3.8, 4) is 0 Å². The number of nitrogens with one attached hydrogen (secondary N) is 1. The van der Waals surface area contributed by atoms with Crippen LogP contribution in [-0.4, -0.2) is 17.1 Å². The van der Waals surface area contributed by atoms with Gasteiger partial charge in [-0.2, -0.15) is 0 Å². The maximum Gasteiger partial charge on any atom is 0.221 e. The van der Waals surface area contributed by atoms with Crippen molar-refractivity contribution in [2.75, 3.05) is 0 Å². The molecule has 1 aromatic heterocycles. The second-order valence-electron chi connectivity index (χ2n) is 3.76. The summed E-state index contributed by atoms with van der Waals surface area (Å²) in [6.07, 6.45) is 0.337. The summed E-state index contributed by atoms with van der Waals surface area (Å²) in [5.74, 6) is 0.693. The molecule has 3 N–H and O–H groups in total. The maximum atomic E-state index is 11.3. The van der Waals surface area contributed by atoms with E-state index in [2.05, 4.69) is 10.5 Å². The lowest BCUT2D eigenvalue weighted by molar-refractivity contribution is -0.121. The number of hydrogen-bond acceptors (Lipinski definition) is 4. The normalized spacial score (nSPS) is 11.8. The van der Waals surface area contributed by atoms with Crippen molar-refractivity contribution in [3.05, 3.63) is 17.0 Å². The molecule has 0 spiro atoms. The van der Waals surface area contributed by atoms with Gasteiger partial charge in [-0.1, -0.05) is 5.16 Å². The zero-order valence-electron chi connectivity index (χ0n) is 9.74. The Bertz CT molecular complexity index is 330. The Labute approximate surface area is 101 Å². The van der Waals surface area contributed by atoms with Gasteiger partial charge < -0.3 is 15.6 Å². The molecule has 1 atom stereocenters. The molecule has 1 rings (SSSR count). The van der Waals surface area contributed by atoms with Gasteiger partial charge in [0.15, 0.2) is 0 Å². The number of amides is 1. The Balaban J connectivity index is 0.00000225. The van der Waals surface area contributed by atoms with Gasteiger partial charge in [0.05, 0.1) is 5.69 Å². The Kier molecular flexibility index (Phi) is 6.06. The summed E-state index contributed by atoms with van der Waals surface area (Å²) >= 11 is 0. The van der Waals surface area contributed by atoms with Crippen molar-refractivity contribution < 1.29 is 9.32 Å². The van der Waals surface area contributed by atoms with E-state index in [-0.39, 0.29) is 24.4 Å². The fourth-order valence-electron chi connectivity index (χ4n) is 1.31. The monoisotopic (exact) mass is 247 g/mol. The summed E-state index contributed by atoms with van der Waals surface area (Å²) in [5.41, 5.74) is 7.26. The second kappa shape index (κ2) is 6.50. The van der Waals surface area contributed by atoms with Gasteiger partial charge in [-0.25, -0.2) is 0 Å². The van der Waals surface area contributed by atoms with E-state index in [1.54, 1.807) is 6.92 Å². The van der Waals surface area contributed by atoms with Crippen LogP contribution in [0.1, 0.15) is 30.4 Å². The minimum absolute atomic E-state index is 0. The molecule has 1 heterocycles. The van der Waals surface area contributed by atoms with Gasteiger partial charge in [-0.15, -0.1) is 12.4 Å². The van der Waals surface area contributed by atoms with Crippen molar-refractivity contribution in [3.63, 3.8) is 0 Å². The number of nitrogens with two attached hydrogens (primary N) is 1. The molecule has 0 radical (unpaired) electrons. The highest BCUT2D eigenvalue weighted by molar-refractivity contribution is 5.85. The predicted octanol–water partition coefficient (Wildman–Crippen LogP) is 1.07. The van der Waals surface area contributed by atoms with Crippen LogP contribution in [0.25, 0.3) is 0 Å². The van der Waals surface area contributed by atoms with Crippen molar-refractivity contribution >= 4 is 18.3 Å². The maximum absolute atomic E-state index is 11.3. The average molecular weight is 248 g/mol. The Morgan fingerprint density at radius 2 is 2.19 bits per heavy atom. The van der Waals surface area contributed by atoms with E-state index in [0.717, 1.165) is 17.0 Å². The van der Waals surface area contributed by atoms with E-state index >= 15 is 0 Å². The Hall–Kier alpha value is -1.07. The summed E-state index contributed by atoms with van der Waals surface area (Å²) < 4.78 is 4.98. The third kappa shape index (κ3) is 4.20. The van der Waals surface area contributed by atoms with Crippen LogP contribution in [0.3, 0.4) is 0 Å². The SMILES string of the molecule is Cc1noc(C)c1CNC(=O)CC(C)N.Cl. The van der Waals surface area contributed by atoms with E-state index in [1.807, 2.05) is 13.8 Å². The fraction of sp³-hybridized carbons (Fsp3) is 0.600. The molecule has 1 unspecified atom stereocenters. The number of aryl methyl sites for hydroxylation is 2. The van der Waals surface area contributed by atoms with E-state index in [4.69, 9.17) is 10.3 Å². The lowest BCUT2D eigenvalue weighted by atomic mass is 10.2. The van der Waals surface area contributed by atoms with Crippen LogP contribution in [0.4, 0.5) is 0 Å². The first-order valence-electron chi connectivity index (χ1n) is 4.94. The highest BCUT2D eigenvalue weighted by Gasteiger charge is 2.10. The number of carbonyl (C=O) groups is 1. The quantitative estimate of drug-likeness (QED) is 0.834. The molecule has 0 aliphatic carbocycles. The van der Waals surface area contributed by atoms with Crippen LogP contribution in [-0.2, 0) is 11.3 Å². The van der Waals surface area contributed by atoms with Gasteiger partial charge in [0, 0.05) is 24.6 Å². The van der Waals surface area contributed by atoms with Crippen LogP contribution in [0.15, 0.2) is 4.52 Å². The van der Waals surface area contributed by atoms with Crippen LogP contribution in [0.5, 0.6) is 0 Å². The van der Waals surface area contributed by atoms with E-state index in [1.165, 1.54) is 0 Å². The lowest BCUT2D eigenvalue weighted by Crippen LogP contribution is -2.29. The van der Waals surface area contributed by atoms with Gasteiger partial charge in [0.2, 0.25) is 5.91 Å². The average Bonchev–Trinajstić information content (AvgIpc) is 2.42. The molecule has 1 aromatic rings. The molecule has 5 nitrogen and oxygen atoms in total. The smallest absolute Gasteiger partial charge is 0.221 e. The first-order valence-corrected chi connectivity index (χ1v) is 4.94. The number of hydrogen-bond donors (Lipinski definition) is 2. The van der Waals surface area contributed by atoms with Gasteiger partial charge in [0.1, 0.15) is 5.76 Å². The molecule has 6 heteroatoms. The molecule has 0 saturated carbocycles. The molecular formula is C10H18ClN3O2. The van der Waals surface area contributed by atoms with E-state index in [0.29, 0.717) is 13.0 Å². The summed E-state index contributed by atoms with van der Waals surface area (Å²) in [4.78, 5) is 11.3. The number of halogens is 1. The summed E-state index contributed by atoms with van der Waals surface area (Å²) in [7, 11) is 0. The minimum Gasteiger partial charge on any atom is -0.361 e. The lowest BCUT2D eigenvalue weighted by Gasteiger charge is -2.06. The second-order valence-corrected chi connectivity index (χ2v) is 3.76. The van der Waals surface area contributed by atoms with Crippen LogP contribution < -0.4 is 11.1 Å². The molecule has 0 fully saturated rings. The largest absolute Gasteiger partial charge is 0.361 e. The van der Waals surface area contributed by atoms with Crippen LogP contribution in [0, 0.1) is 13.8 Å². The topological polar surface area (TPSA) is 81.2 Å². The van der Waals surface area contributed by atoms with E-state index in [9.17, 15) is 4.79 Å². The summed E-state index contributed by atoms with van der Waals surface area (Å²) in [6, 6.07) is -0.116. The molecule has 1 amide bonds. The molecule has 0 aliphatic heterocycles. The first-order chi connectivity index (χ1) is 7.00. The van der Waals surface area contributed by atoms with Crippen molar-refractivity contribution in [1.29, 1.82) is 0 Å². The van der Waals surface area contributed by atoms with Crippen molar-refractivity contribution in [2.45, 2.75) is 39.8 Å². The van der Waals surface area contributed by atoms with Crippen LogP contribution in [0.2, 0.25) is 0 Å². The fourth-order valence-corrected chi connectivity index (χ4v) is 1.31. The number of rotatable bonds is 4. The van der Waals surface area contributed by atoms with Crippen molar-refractivity contribution in [1.82, 2.24) is 10.5 Å².